The molecule has 3 spiro atoms. The fourth-order valence-electron chi connectivity index (χ4n) is 6.80. The van der Waals surface area contributed by atoms with Gasteiger partial charge in [-0.25, -0.2) is 0 Å². The van der Waals surface area contributed by atoms with Crippen LogP contribution in [0.3, 0.4) is 0 Å². The molecule has 0 aliphatic carbocycles. The smallest absolute Gasteiger partial charge is 0.106 e. The predicted octanol–water partition coefficient (Wildman–Crippen LogP) is -0.926. The summed E-state index contributed by atoms with van der Waals surface area (Å²) in [4.78, 5) is 21.5. The Morgan fingerprint density at radius 2 is 1.03 bits per heavy atom. The zero-order valence-corrected chi connectivity index (χ0v) is 24.6. The fourth-order valence-corrected chi connectivity index (χ4v) is 7.50. The van der Waals surface area contributed by atoms with E-state index < -0.39 is 0 Å². The van der Waals surface area contributed by atoms with Crippen molar-refractivity contribution in [1.82, 2.24) is 30.0 Å². The molecule has 37 heavy (non-hydrogen) atoms. The van der Waals surface area contributed by atoms with Gasteiger partial charge in [0.05, 0.1) is 33.4 Å². The molecule has 0 saturated carbocycles. The molecule has 6 fully saturated rings. The van der Waals surface area contributed by atoms with E-state index in [-0.39, 0.29) is 5.41 Å². The number of likely N-dealkylation sites (tertiary alicyclic amines) is 3. The summed E-state index contributed by atoms with van der Waals surface area (Å²) in [5.41, 5.74) is 4.45. The van der Waals surface area contributed by atoms with Gasteiger partial charge in [0.15, 0.2) is 0 Å². The van der Waals surface area contributed by atoms with Gasteiger partial charge in [-0.2, -0.15) is 0 Å². The standard InChI is InChI=1S/C9H17N3O.C8H15N3O.C7H14N3OP/c1-11-4-8(10-13-3)9(5-11)6-12(2)7-9;1-11-5-8(6-11)4-9-3-7(8)10-12-2;1-11-9-6-2-8-3-7(6)4-10(12)5-7/h4-7H2,1-3H3;9H,3-6H2,1-2H3;8H,2-5,12H2,1H3/b10-8-;10-7-;9-6-. The topological polar surface area (TPSA) is 102 Å². The van der Waals surface area contributed by atoms with Gasteiger partial charge in [0.25, 0.3) is 0 Å². The van der Waals surface area contributed by atoms with E-state index in [1.54, 1.807) is 21.3 Å². The highest BCUT2D eigenvalue weighted by atomic mass is 31.0. The van der Waals surface area contributed by atoms with Crippen molar-refractivity contribution in [2.45, 2.75) is 0 Å². The van der Waals surface area contributed by atoms with Crippen molar-refractivity contribution in [2.24, 2.45) is 31.7 Å². The molecule has 210 valence electrons. The van der Waals surface area contributed by atoms with E-state index in [0.717, 1.165) is 78.5 Å². The number of nitrogens with one attached hydrogen (secondary N) is 2. The summed E-state index contributed by atoms with van der Waals surface area (Å²) in [5.74, 6) is 0. The van der Waals surface area contributed by atoms with E-state index in [1.165, 1.54) is 17.1 Å². The van der Waals surface area contributed by atoms with Gasteiger partial charge in [0, 0.05) is 78.5 Å². The van der Waals surface area contributed by atoms with Crippen LogP contribution in [-0.4, -0.2) is 158 Å². The van der Waals surface area contributed by atoms with Gasteiger partial charge in [0.2, 0.25) is 0 Å². The number of hydrogen-bond acceptors (Lipinski definition) is 12. The van der Waals surface area contributed by atoms with Gasteiger partial charge >= 0.3 is 0 Å². The molecule has 1 unspecified atom stereocenters. The van der Waals surface area contributed by atoms with Crippen LogP contribution >= 0.6 is 9.39 Å². The third-order valence-electron chi connectivity index (χ3n) is 8.25. The van der Waals surface area contributed by atoms with E-state index in [1.807, 2.05) is 0 Å². The SMILES string of the molecule is CO/N=C1/CN(C)CC12CN(C)C2.CO/N=C1/CNCC12CN(C)C2.CO/N=C1/CNCC12CN(P)C2. The molecule has 12 nitrogen and oxygen atoms in total. The molecule has 0 amide bonds. The zero-order chi connectivity index (χ0) is 26.7. The van der Waals surface area contributed by atoms with Gasteiger partial charge in [0.1, 0.15) is 21.3 Å². The molecule has 0 bridgehead atoms. The summed E-state index contributed by atoms with van der Waals surface area (Å²) in [7, 11) is 14.0. The first-order chi connectivity index (χ1) is 17.7. The van der Waals surface area contributed by atoms with Gasteiger partial charge in [-0.1, -0.05) is 24.9 Å². The minimum Gasteiger partial charge on any atom is -0.399 e. The van der Waals surface area contributed by atoms with E-state index >= 15 is 0 Å². The van der Waals surface area contributed by atoms with Crippen molar-refractivity contribution < 1.29 is 14.5 Å². The molecule has 6 saturated heterocycles. The van der Waals surface area contributed by atoms with Gasteiger partial charge in [-0.15, -0.1) is 0 Å². The minimum atomic E-state index is 0.276. The van der Waals surface area contributed by atoms with Crippen molar-refractivity contribution in [3.8, 4) is 0 Å². The van der Waals surface area contributed by atoms with Crippen molar-refractivity contribution in [3.63, 3.8) is 0 Å². The molecule has 0 aromatic rings. The van der Waals surface area contributed by atoms with Crippen LogP contribution in [0.5, 0.6) is 0 Å². The van der Waals surface area contributed by atoms with Crippen LogP contribution in [0, 0.1) is 16.2 Å². The van der Waals surface area contributed by atoms with Crippen molar-refractivity contribution in [3.05, 3.63) is 0 Å². The Balaban J connectivity index is 0.000000130. The molecule has 2 N–H and O–H groups in total. The van der Waals surface area contributed by atoms with Crippen LogP contribution in [-0.2, 0) is 14.5 Å². The van der Waals surface area contributed by atoms with Crippen LogP contribution in [0.2, 0.25) is 0 Å². The third kappa shape index (κ3) is 5.95. The van der Waals surface area contributed by atoms with Crippen LogP contribution in [0.1, 0.15) is 0 Å². The first-order valence-electron chi connectivity index (χ1n) is 13.0. The molecule has 1 atom stereocenters. The van der Waals surface area contributed by atoms with E-state index in [0.29, 0.717) is 10.8 Å². The Morgan fingerprint density at radius 3 is 1.46 bits per heavy atom. The summed E-state index contributed by atoms with van der Waals surface area (Å²) >= 11 is 0. The average molecular weight is 540 g/mol. The second-order valence-electron chi connectivity index (χ2n) is 11.6. The Hall–Kier alpha value is -1.40. The molecule has 13 heteroatoms. The lowest BCUT2D eigenvalue weighted by Gasteiger charge is -2.45. The first kappa shape index (κ1) is 28.6. The molecule has 0 radical (unpaired) electrons. The molecule has 6 rings (SSSR count). The average Bonchev–Trinajstić information content (AvgIpc) is 3.47. The summed E-state index contributed by atoms with van der Waals surface area (Å²) in [6.07, 6.45) is 0. The van der Waals surface area contributed by atoms with Crippen molar-refractivity contribution in [1.29, 1.82) is 0 Å². The van der Waals surface area contributed by atoms with Gasteiger partial charge in [-0.3, -0.25) is 9.57 Å². The van der Waals surface area contributed by atoms with E-state index in [4.69, 9.17) is 14.5 Å². The summed E-state index contributed by atoms with van der Waals surface area (Å²) in [6.45, 7) is 12.6. The van der Waals surface area contributed by atoms with Gasteiger partial charge in [-0.05, 0) is 21.1 Å². The van der Waals surface area contributed by atoms with Crippen LogP contribution in [0.25, 0.3) is 0 Å². The largest absolute Gasteiger partial charge is 0.399 e. The highest BCUT2D eigenvalue weighted by molar-refractivity contribution is 7.13. The Labute approximate surface area is 224 Å². The predicted molar refractivity (Wildman–Crippen MR) is 150 cm³/mol. The number of rotatable bonds is 3. The molecule has 0 aromatic heterocycles. The zero-order valence-electron chi connectivity index (χ0n) is 23.4. The number of oxime groups is 3. The summed E-state index contributed by atoms with van der Waals surface area (Å²) < 4.78 is 2.22. The van der Waals surface area contributed by atoms with E-state index in [9.17, 15) is 0 Å². The summed E-state index contributed by atoms with van der Waals surface area (Å²) in [5, 5.41) is 18.9. The molecular formula is C24H46N9O3P. The Bertz CT molecular complexity index is 835. The lowest BCUT2D eigenvalue weighted by molar-refractivity contribution is 0.0739. The summed E-state index contributed by atoms with van der Waals surface area (Å²) in [6, 6.07) is 0. The quantitative estimate of drug-likeness (QED) is 0.348. The Morgan fingerprint density at radius 1 is 0.622 bits per heavy atom. The van der Waals surface area contributed by atoms with Crippen LogP contribution < -0.4 is 10.6 Å². The second kappa shape index (κ2) is 11.8. The highest BCUT2D eigenvalue weighted by Crippen LogP contribution is 2.37. The second-order valence-corrected chi connectivity index (χ2v) is 12.4. The maximum absolute atomic E-state index is 4.88. The minimum absolute atomic E-state index is 0.276. The maximum Gasteiger partial charge on any atom is 0.106 e. The van der Waals surface area contributed by atoms with Crippen LogP contribution in [0.15, 0.2) is 15.5 Å². The monoisotopic (exact) mass is 539 g/mol. The lowest BCUT2D eigenvalue weighted by atomic mass is 9.78. The van der Waals surface area contributed by atoms with E-state index in [2.05, 4.69) is 76.0 Å². The number of nitrogens with zero attached hydrogens (tertiary/aromatic N) is 7. The first-order valence-corrected chi connectivity index (χ1v) is 13.5. The highest BCUT2D eigenvalue weighted by Gasteiger charge is 2.51. The van der Waals surface area contributed by atoms with Crippen molar-refractivity contribution in [2.75, 3.05) is 121 Å². The normalized spacial score (nSPS) is 31.1. The fraction of sp³-hybridized carbons (Fsp3) is 0.875. The van der Waals surface area contributed by atoms with Crippen molar-refractivity contribution >= 4 is 26.5 Å². The molecule has 0 aromatic carbocycles. The maximum atomic E-state index is 4.88. The molecule has 6 aliphatic heterocycles. The molecular weight excluding hydrogens is 493 g/mol. The molecule has 6 aliphatic rings. The lowest BCUT2D eigenvalue weighted by Crippen LogP contribution is -2.59. The Kier molecular flexibility index (Phi) is 9.10. The van der Waals surface area contributed by atoms with Gasteiger partial charge < -0.3 is 34.9 Å². The number of hydrogen-bond donors (Lipinski definition) is 2. The molecule has 6 heterocycles. The third-order valence-corrected chi connectivity index (χ3v) is 8.61. The van der Waals surface area contributed by atoms with Crippen LogP contribution in [0.4, 0.5) is 0 Å².